The lowest BCUT2D eigenvalue weighted by molar-refractivity contribution is 0.928. The summed E-state index contributed by atoms with van der Waals surface area (Å²) in [7, 11) is 0. The fourth-order valence-electron chi connectivity index (χ4n) is 11.4. The van der Waals surface area contributed by atoms with Gasteiger partial charge in [0.05, 0.1) is 45.1 Å². The monoisotopic (exact) mass is 1040 g/mol. The first-order valence-electron chi connectivity index (χ1n) is 26.3. The third-order valence-electron chi connectivity index (χ3n) is 14.6. The number of fused-ring (bicyclic) bond motifs is 6. The van der Waals surface area contributed by atoms with Crippen LogP contribution in [0.5, 0.6) is 0 Å². The van der Waals surface area contributed by atoms with Crippen molar-refractivity contribution >= 4 is 43.6 Å². The number of nitrogens with zero attached hydrogens (tertiary/aromatic N) is 15. The molecule has 0 fully saturated rings. The number of hydrogen-bond acceptors (Lipinski definition) is 13. The average Bonchev–Trinajstić information content (AvgIpc) is 4.06. The summed E-state index contributed by atoms with van der Waals surface area (Å²) in [5.74, 6) is 7.51. The van der Waals surface area contributed by atoms with E-state index in [-0.39, 0.29) is 0 Å². The van der Waals surface area contributed by atoms with E-state index < -0.39 is 0 Å². The maximum absolute atomic E-state index is 10.8. The van der Waals surface area contributed by atoms with Gasteiger partial charge in [0.1, 0.15) is 46.6 Å². The van der Waals surface area contributed by atoms with Crippen LogP contribution in [0.2, 0.25) is 0 Å². The smallest absolute Gasteiger partial charge is 0.163 e. The van der Waals surface area contributed by atoms with E-state index in [0.29, 0.717) is 75.5 Å². The summed E-state index contributed by atoms with van der Waals surface area (Å²) >= 11 is 0. The summed E-state index contributed by atoms with van der Waals surface area (Å²) in [5, 5.41) is 14.7. The molecule has 0 radical (unpaired) electrons. The summed E-state index contributed by atoms with van der Waals surface area (Å²) in [6.07, 6.45) is 0. The molecule has 6 aromatic heterocycles. The summed E-state index contributed by atoms with van der Waals surface area (Å²) in [6.45, 7) is 19.4. The van der Waals surface area contributed by atoms with E-state index in [9.17, 15) is 5.26 Å². The zero-order valence-corrected chi connectivity index (χ0v) is 45.8. The minimum Gasteiger partial charge on any atom is -0.309 e. The molecule has 0 unspecified atom stereocenters. The van der Waals surface area contributed by atoms with Gasteiger partial charge in [-0.05, 0) is 183 Å². The van der Waals surface area contributed by atoms with Crippen molar-refractivity contribution < 1.29 is 0 Å². The second-order valence-electron chi connectivity index (χ2n) is 20.5. The maximum Gasteiger partial charge on any atom is 0.163 e. The third kappa shape index (κ3) is 8.63. The summed E-state index contributed by atoms with van der Waals surface area (Å²) in [6, 6.07) is 47.3. The highest BCUT2D eigenvalue weighted by Crippen LogP contribution is 2.45. The van der Waals surface area contributed by atoms with Gasteiger partial charge in [-0.2, -0.15) is 5.26 Å². The number of hydrogen-bond donors (Lipinski definition) is 0. The molecule has 80 heavy (non-hydrogen) atoms. The molecule has 15 heteroatoms. The number of aryl methyl sites for hydroxylation is 10. The lowest BCUT2D eigenvalue weighted by atomic mass is 9.93. The Morgan fingerprint density at radius 2 is 0.650 bits per heavy atom. The predicted molar refractivity (Wildman–Crippen MR) is 313 cm³/mol. The third-order valence-corrected chi connectivity index (χ3v) is 14.6. The van der Waals surface area contributed by atoms with E-state index in [2.05, 4.69) is 164 Å². The Morgan fingerprint density at radius 1 is 0.300 bits per heavy atom. The summed E-state index contributed by atoms with van der Waals surface area (Å²) in [4.78, 5) is 56.2. The van der Waals surface area contributed by atoms with Gasteiger partial charge in [0.25, 0.3) is 0 Å². The van der Waals surface area contributed by atoms with Gasteiger partial charge in [-0.3, -0.25) is 0 Å². The van der Waals surface area contributed by atoms with E-state index in [0.717, 1.165) is 105 Å². The highest BCUT2D eigenvalue weighted by Gasteiger charge is 2.25. The lowest BCUT2D eigenvalue weighted by Gasteiger charge is -2.20. The van der Waals surface area contributed by atoms with Crippen molar-refractivity contribution in [1.29, 1.82) is 5.26 Å². The summed E-state index contributed by atoms with van der Waals surface area (Å²) < 4.78 is 4.62. The minimum atomic E-state index is 0.510. The number of benzene rings is 7. The topological polar surface area (TPSA) is 188 Å². The zero-order valence-electron chi connectivity index (χ0n) is 45.8. The molecule has 0 saturated carbocycles. The highest BCUT2D eigenvalue weighted by molar-refractivity contribution is 6.14. The molecule has 386 valence electrons. The molecule has 0 aliphatic carbocycles. The second kappa shape index (κ2) is 19.0. The lowest BCUT2D eigenvalue weighted by Crippen LogP contribution is -2.03. The molecule has 0 spiro atoms. The van der Waals surface area contributed by atoms with Crippen LogP contribution in [0.1, 0.15) is 63.3 Å². The van der Waals surface area contributed by atoms with Crippen molar-refractivity contribution in [3.63, 3.8) is 0 Å². The van der Waals surface area contributed by atoms with Gasteiger partial charge in [0, 0.05) is 54.9 Å². The van der Waals surface area contributed by atoms with Crippen LogP contribution in [-0.2, 0) is 0 Å². The Morgan fingerprint density at radius 3 is 1.01 bits per heavy atom. The van der Waals surface area contributed by atoms with Gasteiger partial charge in [-0.1, -0.05) is 35.9 Å². The van der Waals surface area contributed by atoms with Crippen LogP contribution in [0.25, 0.3) is 123 Å². The number of aromatic nitrogens is 14. The molecule has 0 saturated heterocycles. The first-order valence-corrected chi connectivity index (χ1v) is 26.3. The van der Waals surface area contributed by atoms with E-state index >= 15 is 0 Å². The van der Waals surface area contributed by atoms with Crippen molar-refractivity contribution in [2.24, 2.45) is 0 Å². The van der Waals surface area contributed by atoms with Crippen LogP contribution >= 0.6 is 0 Å². The van der Waals surface area contributed by atoms with Crippen LogP contribution < -0.4 is 0 Å². The van der Waals surface area contributed by atoms with Crippen molar-refractivity contribution in [1.82, 2.24) is 68.9 Å². The zero-order chi connectivity index (χ0) is 55.2. The number of rotatable bonds is 8. The Labute approximate surface area is 460 Å². The molecule has 6 heterocycles. The van der Waals surface area contributed by atoms with Crippen molar-refractivity contribution in [2.75, 3.05) is 0 Å². The first kappa shape index (κ1) is 49.3. The van der Waals surface area contributed by atoms with Crippen molar-refractivity contribution in [2.45, 2.75) is 69.2 Å². The summed E-state index contributed by atoms with van der Waals surface area (Å²) in [5.41, 5.74) is 15.8. The quantitative estimate of drug-likeness (QED) is 0.140. The van der Waals surface area contributed by atoms with Gasteiger partial charge in [-0.15, -0.1) is 0 Å². The van der Waals surface area contributed by atoms with Crippen LogP contribution in [0.3, 0.4) is 0 Å². The molecule has 15 nitrogen and oxygen atoms in total. The van der Waals surface area contributed by atoms with Gasteiger partial charge in [0.15, 0.2) is 23.3 Å². The van der Waals surface area contributed by atoms with E-state index in [1.807, 2.05) is 67.5 Å². The predicted octanol–water partition coefficient (Wildman–Crippen LogP) is 13.6. The normalized spacial score (nSPS) is 11.6. The van der Waals surface area contributed by atoms with Gasteiger partial charge in [0.2, 0.25) is 0 Å². The fraction of sp³-hybridized carbons (Fsp3) is 0.154. The van der Waals surface area contributed by atoms with E-state index in [1.165, 1.54) is 5.56 Å². The second-order valence-corrected chi connectivity index (χ2v) is 20.5. The molecule has 7 aromatic carbocycles. The van der Waals surface area contributed by atoms with Crippen LogP contribution in [0.4, 0.5) is 0 Å². The molecule has 0 amide bonds. The van der Waals surface area contributed by atoms with Crippen LogP contribution in [0.15, 0.2) is 127 Å². The molecule has 0 N–H and O–H groups in total. The molecule has 0 aliphatic rings. The van der Waals surface area contributed by atoms with Crippen molar-refractivity contribution in [3.05, 3.63) is 191 Å². The molecule has 0 aliphatic heterocycles. The van der Waals surface area contributed by atoms with Gasteiger partial charge < -0.3 is 9.13 Å². The highest BCUT2D eigenvalue weighted by atomic mass is 15.1. The molecule has 13 rings (SSSR count). The standard InChI is InChI=1S/C65H51N15/c1-33-11-18-49(34(2)25-33)44-13-20-56(79-57-21-14-45(62-71-35(3)67-36(4)72-62)28-52(57)53-29-46(15-22-58(53)79)63-73-37(5)68-38(6)74-63)51(27-44)50-19-12-43(32-66)26-61(50)80-59-23-16-47(64-75-39(7)69-40(8)76-64)30-54(59)55-31-48(17-24-60(55)80)65-77-41(9)70-42(10)78-65/h11-31H,1-10H3. The minimum absolute atomic E-state index is 0.510. The first-order chi connectivity index (χ1) is 38.6. The largest absolute Gasteiger partial charge is 0.309 e. The molecule has 0 bridgehead atoms. The SMILES string of the molecule is Cc1ccc(-c2ccc(-n3c4ccc(-c5nc(C)nc(C)n5)cc4c4cc(-c5nc(C)nc(C)n5)ccc43)c(-c3ccc(C#N)cc3-n3c4ccc(-c5nc(C)nc(C)n5)cc4c4cc(-c5nc(C)nc(C)n5)ccc43)c2)c(C)c1. The molecule has 13 aromatic rings. The number of nitriles is 1. The van der Waals surface area contributed by atoms with Gasteiger partial charge in [-0.25, -0.2) is 59.8 Å². The average molecular weight is 1040 g/mol. The Bertz CT molecular complexity index is 4510. The molecular weight excluding hydrogens is 991 g/mol. The van der Waals surface area contributed by atoms with Gasteiger partial charge >= 0.3 is 0 Å². The van der Waals surface area contributed by atoms with Crippen LogP contribution in [-0.4, -0.2) is 68.9 Å². The Kier molecular flexibility index (Phi) is 11.7. The Hall–Kier alpha value is -10.3. The maximum atomic E-state index is 10.8. The van der Waals surface area contributed by atoms with E-state index in [1.54, 1.807) is 0 Å². The van der Waals surface area contributed by atoms with E-state index in [4.69, 9.17) is 39.9 Å². The Balaban J connectivity index is 1.12. The van der Waals surface area contributed by atoms with Crippen molar-refractivity contribution in [3.8, 4) is 85.2 Å². The molecular formula is C65H51N15. The fourth-order valence-corrected chi connectivity index (χ4v) is 11.4. The van der Waals surface area contributed by atoms with Crippen LogP contribution in [0, 0.1) is 80.6 Å². The molecule has 0 atom stereocenters.